The van der Waals surface area contributed by atoms with E-state index in [-0.39, 0.29) is 29.0 Å². The first-order chi connectivity index (χ1) is 19.9. The van der Waals surface area contributed by atoms with Gasteiger partial charge in [-0.2, -0.15) is 0 Å². The van der Waals surface area contributed by atoms with Crippen molar-refractivity contribution in [3.05, 3.63) is 80.4 Å². The van der Waals surface area contributed by atoms with Gasteiger partial charge in [0.2, 0.25) is 0 Å². The number of carbonyl (C=O) groups is 2. The highest BCUT2D eigenvalue weighted by atomic mass is 35.5. The quantitative estimate of drug-likeness (QED) is 0.357. The average molecular weight is 600 g/mol. The van der Waals surface area contributed by atoms with Crippen molar-refractivity contribution in [3.63, 3.8) is 0 Å². The Labute approximate surface area is 246 Å². The standard InChI is InChI=1S/C30H32ClF2N5O4/c1-17(42-3)12-34-13-18-8-24(28(40)37(2)14-18)27(39)36-26-10-20(9-25(35-26)19-4-5-19)22-7-6-21(31)11-23(22)29(41)38-15-30(32,33)16-38/h6-11,14,17,19,34H,4-5,12-13,15-16H2,1-3H3,(H,35,36,39)/t17-/m0/s1. The van der Waals surface area contributed by atoms with Crippen LogP contribution in [0, 0.1) is 0 Å². The molecule has 1 atom stereocenters. The average Bonchev–Trinajstić information content (AvgIpc) is 3.78. The van der Waals surface area contributed by atoms with Crippen LogP contribution in [0.3, 0.4) is 0 Å². The van der Waals surface area contributed by atoms with E-state index in [0.29, 0.717) is 29.2 Å². The molecule has 2 aromatic heterocycles. The molecule has 12 heteroatoms. The van der Waals surface area contributed by atoms with E-state index in [1.807, 2.05) is 13.0 Å². The molecule has 222 valence electrons. The molecule has 42 heavy (non-hydrogen) atoms. The second-order valence-electron chi connectivity index (χ2n) is 11.0. The number of hydrogen-bond donors (Lipinski definition) is 2. The summed E-state index contributed by atoms with van der Waals surface area (Å²) in [7, 11) is 3.20. The van der Waals surface area contributed by atoms with Gasteiger partial charge in [-0.25, -0.2) is 13.8 Å². The molecule has 2 aliphatic rings. The Bertz CT molecular complexity index is 1580. The maximum absolute atomic E-state index is 13.5. The number of carbonyl (C=O) groups excluding carboxylic acids is 2. The summed E-state index contributed by atoms with van der Waals surface area (Å²) < 4.78 is 33.6. The van der Waals surface area contributed by atoms with Gasteiger partial charge in [0.1, 0.15) is 11.4 Å². The van der Waals surface area contributed by atoms with Gasteiger partial charge in [-0.15, -0.1) is 0 Å². The van der Waals surface area contributed by atoms with E-state index in [1.165, 1.54) is 10.6 Å². The van der Waals surface area contributed by atoms with E-state index >= 15 is 0 Å². The molecule has 5 rings (SSSR count). The number of halogens is 3. The zero-order valence-corrected chi connectivity index (χ0v) is 24.3. The maximum atomic E-state index is 13.5. The Morgan fingerprint density at radius 2 is 1.90 bits per heavy atom. The normalized spacial score (nSPS) is 16.6. The molecule has 1 saturated carbocycles. The number of hydrogen-bond acceptors (Lipinski definition) is 6. The molecule has 2 N–H and O–H groups in total. The molecular weight excluding hydrogens is 568 g/mol. The highest BCUT2D eigenvalue weighted by molar-refractivity contribution is 6.31. The number of amides is 2. The van der Waals surface area contributed by atoms with Gasteiger partial charge in [0, 0.05) is 55.6 Å². The molecule has 2 fully saturated rings. The highest BCUT2D eigenvalue weighted by Crippen LogP contribution is 2.42. The molecule has 1 aliphatic heterocycles. The van der Waals surface area contributed by atoms with Crippen molar-refractivity contribution in [2.45, 2.75) is 44.3 Å². The van der Waals surface area contributed by atoms with Gasteiger partial charge in [0.05, 0.1) is 19.2 Å². The topological polar surface area (TPSA) is 106 Å². The SMILES string of the molecule is CO[C@@H](C)CNCc1cc(C(=O)Nc2cc(-c3ccc(Cl)cc3C(=O)N3CC(F)(F)C3)cc(C3CC3)n2)c(=O)n(C)c1. The molecule has 1 aromatic carbocycles. The lowest BCUT2D eigenvalue weighted by Crippen LogP contribution is -2.58. The lowest BCUT2D eigenvalue weighted by Gasteiger charge is -2.39. The zero-order chi connectivity index (χ0) is 30.2. The van der Waals surface area contributed by atoms with E-state index < -0.39 is 36.4 Å². The summed E-state index contributed by atoms with van der Waals surface area (Å²) in [5.74, 6) is -3.68. The van der Waals surface area contributed by atoms with Crippen LogP contribution < -0.4 is 16.2 Å². The van der Waals surface area contributed by atoms with E-state index in [1.54, 1.807) is 44.6 Å². The van der Waals surface area contributed by atoms with Gasteiger partial charge in [0.15, 0.2) is 0 Å². The first-order valence-electron chi connectivity index (χ1n) is 13.7. The molecule has 0 radical (unpaired) electrons. The number of pyridine rings is 2. The Morgan fingerprint density at radius 3 is 2.57 bits per heavy atom. The zero-order valence-electron chi connectivity index (χ0n) is 23.5. The second kappa shape index (κ2) is 11.9. The van der Waals surface area contributed by atoms with Crippen LogP contribution in [-0.4, -0.2) is 65.0 Å². The van der Waals surface area contributed by atoms with Gasteiger partial charge in [-0.1, -0.05) is 17.7 Å². The fraction of sp³-hybridized carbons (Fsp3) is 0.400. The Balaban J connectivity index is 1.44. The van der Waals surface area contributed by atoms with Crippen molar-refractivity contribution in [1.82, 2.24) is 19.8 Å². The number of aryl methyl sites for hydroxylation is 1. The van der Waals surface area contributed by atoms with Crippen molar-refractivity contribution in [2.75, 3.05) is 32.1 Å². The van der Waals surface area contributed by atoms with Crippen molar-refractivity contribution in [2.24, 2.45) is 7.05 Å². The molecular formula is C30H32ClF2N5O4. The number of methoxy groups -OCH3 is 1. The van der Waals surface area contributed by atoms with Gasteiger partial charge in [0.25, 0.3) is 23.3 Å². The minimum Gasteiger partial charge on any atom is -0.380 e. The largest absolute Gasteiger partial charge is 0.380 e. The fourth-order valence-corrected chi connectivity index (χ4v) is 5.03. The van der Waals surface area contributed by atoms with Crippen LogP contribution in [-0.2, 0) is 18.3 Å². The second-order valence-corrected chi connectivity index (χ2v) is 11.4. The van der Waals surface area contributed by atoms with E-state index in [4.69, 9.17) is 16.3 Å². The van der Waals surface area contributed by atoms with Crippen LogP contribution >= 0.6 is 11.6 Å². The lowest BCUT2D eigenvalue weighted by molar-refractivity contribution is -0.113. The Morgan fingerprint density at radius 1 is 1.17 bits per heavy atom. The number of benzene rings is 1. The first-order valence-corrected chi connectivity index (χ1v) is 14.1. The molecule has 0 bridgehead atoms. The van der Waals surface area contributed by atoms with Crippen LogP contribution in [0.15, 0.2) is 47.4 Å². The van der Waals surface area contributed by atoms with Gasteiger partial charge in [-0.3, -0.25) is 14.4 Å². The minimum absolute atomic E-state index is 0.00242. The molecule has 9 nitrogen and oxygen atoms in total. The number of alkyl halides is 2. The predicted molar refractivity (Wildman–Crippen MR) is 155 cm³/mol. The summed E-state index contributed by atoms with van der Waals surface area (Å²) in [5, 5.41) is 6.29. The van der Waals surface area contributed by atoms with Crippen molar-refractivity contribution in [3.8, 4) is 11.1 Å². The number of nitrogens with one attached hydrogen (secondary N) is 2. The number of nitrogens with zero attached hydrogens (tertiary/aromatic N) is 3. The predicted octanol–water partition coefficient (Wildman–Crippen LogP) is 4.45. The van der Waals surface area contributed by atoms with Crippen molar-refractivity contribution >= 4 is 29.2 Å². The summed E-state index contributed by atoms with van der Waals surface area (Å²) in [6.45, 7) is 1.64. The molecule has 1 aliphatic carbocycles. The van der Waals surface area contributed by atoms with Crippen LogP contribution in [0.5, 0.6) is 0 Å². The summed E-state index contributed by atoms with van der Waals surface area (Å²) in [4.78, 5) is 45.1. The minimum atomic E-state index is -2.91. The number of likely N-dealkylation sites (tertiary alicyclic amines) is 1. The summed E-state index contributed by atoms with van der Waals surface area (Å²) in [6, 6.07) is 9.72. The number of rotatable bonds is 10. The van der Waals surface area contributed by atoms with Crippen LogP contribution in [0.25, 0.3) is 11.1 Å². The van der Waals surface area contributed by atoms with Gasteiger partial charge in [-0.05, 0) is 66.8 Å². The Kier molecular flexibility index (Phi) is 8.45. The third kappa shape index (κ3) is 6.69. The van der Waals surface area contributed by atoms with Crippen LogP contribution in [0.1, 0.15) is 57.7 Å². The number of ether oxygens (including phenoxy) is 1. The molecule has 3 heterocycles. The third-order valence-corrected chi connectivity index (χ3v) is 7.62. The fourth-order valence-electron chi connectivity index (χ4n) is 4.86. The molecule has 0 spiro atoms. The molecule has 2 amide bonds. The smallest absolute Gasteiger partial charge is 0.282 e. The lowest BCUT2D eigenvalue weighted by atomic mass is 9.96. The van der Waals surface area contributed by atoms with Gasteiger partial charge >= 0.3 is 0 Å². The van der Waals surface area contributed by atoms with Crippen LogP contribution in [0.4, 0.5) is 14.6 Å². The van der Waals surface area contributed by atoms with Gasteiger partial charge < -0.3 is 24.8 Å². The van der Waals surface area contributed by atoms with Crippen LogP contribution in [0.2, 0.25) is 5.02 Å². The summed E-state index contributed by atoms with van der Waals surface area (Å²) in [6.07, 6.45) is 3.52. The highest BCUT2D eigenvalue weighted by Gasteiger charge is 2.46. The maximum Gasteiger partial charge on any atom is 0.282 e. The molecule has 0 unspecified atom stereocenters. The van der Waals surface area contributed by atoms with E-state index in [0.717, 1.165) is 29.0 Å². The first kappa shape index (κ1) is 29.8. The number of aromatic nitrogens is 2. The summed E-state index contributed by atoms with van der Waals surface area (Å²) >= 11 is 6.19. The summed E-state index contributed by atoms with van der Waals surface area (Å²) in [5.41, 5.74) is 2.20. The van der Waals surface area contributed by atoms with Crippen molar-refractivity contribution < 1.29 is 23.1 Å². The third-order valence-electron chi connectivity index (χ3n) is 7.38. The van der Waals surface area contributed by atoms with E-state index in [9.17, 15) is 23.2 Å². The van der Waals surface area contributed by atoms with E-state index in [2.05, 4.69) is 15.6 Å². The Hall–Kier alpha value is -3.67. The molecule has 1 saturated heterocycles. The monoisotopic (exact) mass is 599 g/mol. The molecule has 3 aromatic rings. The van der Waals surface area contributed by atoms with Crippen molar-refractivity contribution in [1.29, 1.82) is 0 Å². The number of anilines is 1.